The third-order valence-corrected chi connectivity index (χ3v) is 2.47. The van der Waals surface area contributed by atoms with Crippen LogP contribution in [0.5, 0.6) is 5.75 Å². The molecular weight excluding hydrogens is 195 g/mol. The number of halogens is 1. The summed E-state index contributed by atoms with van der Waals surface area (Å²) in [6.07, 6.45) is 0.440. The maximum absolute atomic E-state index is 12.8. The van der Waals surface area contributed by atoms with E-state index >= 15 is 0 Å². The first-order valence-electron chi connectivity index (χ1n) is 5.14. The normalized spacial score (nSPS) is 26.2. The lowest BCUT2D eigenvalue weighted by Crippen LogP contribution is -2.43. The molecule has 2 unspecified atom stereocenters. The summed E-state index contributed by atoms with van der Waals surface area (Å²) in [6, 6.07) is 7.21. The molecule has 1 aliphatic heterocycles. The van der Waals surface area contributed by atoms with Gasteiger partial charge in [0.1, 0.15) is 18.1 Å². The average Bonchev–Trinajstić information content (AvgIpc) is 2.25. The van der Waals surface area contributed by atoms with E-state index in [9.17, 15) is 4.39 Å². The van der Waals surface area contributed by atoms with Crippen LogP contribution in [0.1, 0.15) is 12.8 Å². The molecule has 0 spiro atoms. The van der Waals surface area contributed by atoms with Crippen molar-refractivity contribution in [2.75, 3.05) is 12.3 Å². The molecule has 1 aliphatic rings. The van der Waals surface area contributed by atoms with Gasteiger partial charge in [-0.1, -0.05) is 0 Å². The molecule has 1 saturated heterocycles. The monoisotopic (exact) mass is 210 g/mol. The summed E-state index contributed by atoms with van der Waals surface area (Å²) in [4.78, 5) is 0. The van der Waals surface area contributed by atoms with E-state index in [0.717, 1.165) is 5.75 Å². The van der Waals surface area contributed by atoms with Crippen molar-refractivity contribution >= 4 is 5.69 Å². The van der Waals surface area contributed by atoms with Gasteiger partial charge in [-0.2, -0.15) is 0 Å². The third-order valence-electron chi connectivity index (χ3n) is 2.47. The molecule has 0 bridgehead atoms. The zero-order valence-corrected chi connectivity index (χ0v) is 8.45. The second kappa shape index (κ2) is 4.49. The third kappa shape index (κ3) is 2.83. The van der Waals surface area contributed by atoms with Gasteiger partial charge in [0.15, 0.2) is 0 Å². The molecule has 0 saturated carbocycles. The molecule has 3 N–H and O–H groups in total. The summed E-state index contributed by atoms with van der Waals surface area (Å²) in [6.45, 7) is 0.375. The zero-order valence-electron chi connectivity index (χ0n) is 8.45. The second-order valence-electron chi connectivity index (χ2n) is 3.76. The van der Waals surface area contributed by atoms with E-state index in [2.05, 4.69) is 5.32 Å². The number of hydrogen-bond donors (Lipinski definition) is 2. The van der Waals surface area contributed by atoms with Crippen LogP contribution in [-0.4, -0.2) is 18.9 Å². The van der Waals surface area contributed by atoms with Crippen molar-refractivity contribution in [2.45, 2.75) is 25.2 Å². The summed E-state index contributed by atoms with van der Waals surface area (Å²) in [5.74, 6) is 0.763. The lowest BCUT2D eigenvalue weighted by atomic mass is 10.1. The van der Waals surface area contributed by atoms with Crippen LogP contribution in [0.3, 0.4) is 0 Å². The number of hydrogen-bond acceptors (Lipinski definition) is 3. The number of nitrogens with one attached hydrogen (secondary N) is 1. The number of alkyl halides is 1. The van der Waals surface area contributed by atoms with Gasteiger partial charge in [0, 0.05) is 18.7 Å². The molecule has 2 atom stereocenters. The Morgan fingerprint density at radius 2 is 2.00 bits per heavy atom. The van der Waals surface area contributed by atoms with Crippen molar-refractivity contribution in [1.29, 1.82) is 0 Å². The van der Waals surface area contributed by atoms with E-state index in [1.807, 2.05) is 12.1 Å². The minimum atomic E-state index is -0.740. The van der Waals surface area contributed by atoms with Crippen LogP contribution in [0.25, 0.3) is 0 Å². The Balaban J connectivity index is 1.89. The predicted octanol–water partition coefficient (Wildman–Crippen LogP) is 1.70. The smallest absolute Gasteiger partial charge is 0.150 e. The molecule has 1 aromatic carbocycles. The van der Waals surface area contributed by atoms with Crippen LogP contribution in [0.2, 0.25) is 0 Å². The van der Waals surface area contributed by atoms with Crippen molar-refractivity contribution in [3.05, 3.63) is 24.3 Å². The maximum Gasteiger partial charge on any atom is 0.150 e. The first-order chi connectivity index (χ1) is 7.24. The van der Waals surface area contributed by atoms with Crippen LogP contribution in [0, 0.1) is 0 Å². The number of rotatable bonds is 2. The number of nitrogen functional groups attached to an aromatic ring is 1. The van der Waals surface area contributed by atoms with Crippen molar-refractivity contribution in [3.63, 3.8) is 0 Å². The van der Waals surface area contributed by atoms with Gasteiger partial charge < -0.3 is 10.5 Å². The minimum Gasteiger partial charge on any atom is -0.475 e. The van der Waals surface area contributed by atoms with Crippen LogP contribution in [0.4, 0.5) is 10.1 Å². The van der Waals surface area contributed by atoms with Crippen molar-refractivity contribution in [1.82, 2.24) is 5.32 Å². The highest BCUT2D eigenvalue weighted by Crippen LogP contribution is 2.18. The average molecular weight is 210 g/mol. The standard InChI is InChI=1S/C11H15FN2O/c12-8-1-6-11(14-7-8)15-10-4-2-9(13)3-5-10/h2-5,8,11,14H,1,6-7,13H2. The SMILES string of the molecule is Nc1ccc(OC2CCC(F)CN2)cc1. The van der Waals surface area contributed by atoms with Gasteiger partial charge in [-0.3, -0.25) is 5.32 Å². The van der Waals surface area contributed by atoms with Crippen LogP contribution < -0.4 is 15.8 Å². The Bertz CT molecular complexity index is 307. The molecule has 4 heteroatoms. The van der Waals surface area contributed by atoms with Crippen LogP contribution in [-0.2, 0) is 0 Å². The molecule has 0 amide bonds. The van der Waals surface area contributed by atoms with E-state index in [1.54, 1.807) is 12.1 Å². The van der Waals surface area contributed by atoms with Gasteiger partial charge in [-0.05, 0) is 30.7 Å². The van der Waals surface area contributed by atoms with Crippen LogP contribution >= 0.6 is 0 Å². The fourth-order valence-corrected chi connectivity index (χ4v) is 1.61. The topological polar surface area (TPSA) is 47.3 Å². The lowest BCUT2D eigenvalue weighted by Gasteiger charge is -2.26. The van der Waals surface area contributed by atoms with E-state index < -0.39 is 6.17 Å². The number of piperidine rings is 1. The number of benzene rings is 1. The van der Waals surface area contributed by atoms with Crippen molar-refractivity contribution in [3.8, 4) is 5.75 Å². The Labute approximate surface area is 88.4 Å². The molecule has 0 aromatic heterocycles. The fourth-order valence-electron chi connectivity index (χ4n) is 1.61. The highest BCUT2D eigenvalue weighted by Gasteiger charge is 2.20. The highest BCUT2D eigenvalue weighted by atomic mass is 19.1. The fraction of sp³-hybridized carbons (Fsp3) is 0.455. The Morgan fingerprint density at radius 1 is 1.27 bits per heavy atom. The molecular formula is C11H15FN2O. The summed E-state index contributed by atoms with van der Waals surface area (Å²) in [5.41, 5.74) is 6.27. The molecule has 1 aromatic rings. The van der Waals surface area contributed by atoms with Crippen molar-refractivity contribution < 1.29 is 9.13 Å². The molecule has 82 valence electrons. The maximum atomic E-state index is 12.8. The van der Waals surface area contributed by atoms with Crippen molar-refractivity contribution in [2.24, 2.45) is 0 Å². The quantitative estimate of drug-likeness (QED) is 0.730. The molecule has 0 aliphatic carbocycles. The van der Waals surface area contributed by atoms with Gasteiger partial charge in [-0.25, -0.2) is 4.39 Å². The number of nitrogens with two attached hydrogens (primary N) is 1. The van der Waals surface area contributed by atoms with Gasteiger partial charge in [0.05, 0.1) is 0 Å². The molecule has 3 nitrogen and oxygen atoms in total. The second-order valence-corrected chi connectivity index (χ2v) is 3.76. The summed E-state index contributed by atoms with van der Waals surface area (Å²) < 4.78 is 18.4. The molecule has 0 radical (unpaired) electrons. The predicted molar refractivity (Wildman–Crippen MR) is 57.4 cm³/mol. The lowest BCUT2D eigenvalue weighted by molar-refractivity contribution is 0.0970. The van der Waals surface area contributed by atoms with Gasteiger partial charge >= 0.3 is 0 Å². The first-order valence-corrected chi connectivity index (χ1v) is 5.14. The molecule has 1 fully saturated rings. The van der Waals surface area contributed by atoms with E-state index in [0.29, 0.717) is 25.1 Å². The Morgan fingerprint density at radius 3 is 2.60 bits per heavy atom. The Kier molecular flexibility index (Phi) is 3.06. The van der Waals surface area contributed by atoms with E-state index in [-0.39, 0.29) is 6.23 Å². The summed E-state index contributed by atoms with van der Waals surface area (Å²) >= 11 is 0. The summed E-state index contributed by atoms with van der Waals surface area (Å²) in [7, 11) is 0. The zero-order chi connectivity index (χ0) is 10.7. The van der Waals surface area contributed by atoms with Gasteiger partial charge in [-0.15, -0.1) is 0 Å². The molecule has 1 heterocycles. The molecule has 15 heavy (non-hydrogen) atoms. The molecule has 2 rings (SSSR count). The van der Waals surface area contributed by atoms with E-state index in [4.69, 9.17) is 10.5 Å². The van der Waals surface area contributed by atoms with Gasteiger partial charge in [0.25, 0.3) is 0 Å². The van der Waals surface area contributed by atoms with Crippen LogP contribution in [0.15, 0.2) is 24.3 Å². The number of ether oxygens (including phenoxy) is 1. The van der Waals surface area contributed by atoms with E-state index in [1.165, 1.54) is 0 Å². The first kappa shape index (κ1) is 10.2. The largest absolute Gasteiger partial charge is 0.475 e. The highest BCUT2D eigenvalue weighted by molar-refractivity contribution is 5.41. The summed E-state index contributed by atoms with van der Waals surface area (Å²) in [5, 5.41) is 3.00. The Hall–Kier alpha value is -1.29. The van der Waals surface area contributed by atoms with Gasteiger partial charge in [0.2, 0.25) is 0 Å². The number of anilines is 1. The minimum absolute atomic E-state index is 0.0828.